The van der Waals surface area contributed by atoms with Crippen LogP contribution in [0.5, 0.6) is 0 Å². The molecule has 0 saturated heterocycles. The first-order valence-electron chi connectivity index (χ1n) is 10.9. The molecule has 0 radical (unpaired) electrons. The Morgan fingerprint density at radius 2 is 1.58 bits per heavy atom. The second-order valence-corrected chi connectivity index (χ2v) is 8.84. The van der Waals surface area contributed by atoms with Crippen LogP contribution in [-0.2, 0) is 14.3 Å². The summed E-state index contributed by atoms with van der Waals surface area (Å²) in [4.78, 5) is 36.5. The van der Waals surface area contributed by atoms with Crippen molar-refractivity contribution in [3.63, 3.8) is 0 Å². The zero-order valence-corrected chi connectivity index (χ0v) is 19.0. The smallest absolute Gasteiger partial charge is 0.407 e. The number of nitrogens with one attached hydrogen (secondary N) is 2. The molecule has 8 nitrogen and oxygen atoms in total. The van der Waals surface area contributed by atoms with Crippen LogP contribution in [-0.4, -0.2) is 53.0 Å². The van der Waals surface area contributed by atoms with Crippen molar-refractivity contribution in [1.82, 2.24) is 10.6 Å². The lowest BCUT2D eigenvalue weighted by Crippen LogP contribution is -2.58. The van der Waals surface area contributed by atoms with Crippen LogP contribution in [0.4, 0.5) is 4.79 Å². The number of fused-ring (bicyclic) bond motifs is 3. The standard InChI is InChI=1S/C25H30N2O6/c1-15(2)25(3,14-28)27-23(31)21(12-22(29)30)26-24(32)33-13-20-18-10-6-4-8-16(18)17-9-5-7-11-19(17)20/h4-11,15,20-21,28H,12-14H2,1-3H3,(H,26,32)(H,27,31)(H,29,30). The number of carbonyl (C=O) groups excluding carboxylic acids is 2. The number of amides is 2. The van der Waals surface area contributed by atoms with Crippen molar-refractivity contribution in [2.24, 2.45) is 5.92 Å². The lowest BCUT2D eigenvalue weighted by molar-refractivity contribution is -0.140. The van der Waals surface area contributed by atoms with Gasteiger partial charge in [0.15, 0.2) is 0 Å². The number of carbonyl (C=O) groups is 3. The van der Waals surface area contributed by atoms with E-state index in [2.05, 4.69) is 10.6 Å². The summed E-state index contributed by atoms with van der Waals surface area (Å²) in [6.45, 7) is 5.01. The largest absolute Gasteiger partial charge is 0.481 e. The molecule has 0 saturated carbocycles. The Labute approximate surface area is 193 Å². The van der Waals surface area contributed by atoms with Crippen molar-refractivity contribution in [2.45, 2.75) is 44.7 Å². The highest BCUT2D eigenvalue weighted by Crippen LogP contribution is 2.44. The number of rotatable bonds is 9. The number of aliphatic hydroxyl groups excluding tert-OH is 1. The van der Waals surface area contributed by atoms with Gasteiger partial charge in [0.25, 0.3) is 0 Å². The Morgan fingerprint density at radius 3 is 2.06 bits per heavy atom. The summed E-state index contributed by atoms with van der Waals surface area (Å²) in [5, 5.41) is 23.9. The highest BCUT2D eigenvalue weighted by atomic mass is 16.5. The molecule has 0 fully saturated rings. The van der Waals surface area contributed by atoms with Gasteiger partial charge in [0, 0.05) is 5.92 Å². The van der Waals surface area contributed by atoms with E-state index in [0.717, 1.165) is 22.3 Å². The molecular weight excluding hydrogens is 424 g/mol. The molecule has 176 valence electrons. The predicted octanol–water partition coefficient (Wildman–Crippen LogP) is 2.89. The molecule has 4 N–H and O–H groups in total. The van der Waals surface area contributed by atoms with Gasteiger partial charge in [-0.25, -0.2) is 4.79 Å². The summed E-state index contributed by atoms with van der Waals surface area (Å²) in [5.41, 5.74) is 3.30. The van der Waals surface area contributed by atoms with E-state index in [1.807, 2.05) is 62.4 Å². The second kappa shape index (κ2) is 10.0. The molecule has 1 aliphatic carbocycles. The van der Waals surface area contributed by atoms with Gasteiger partial charge < -0.3 is 25.6 Å². The summed E-state index contributed by atoms with van der Waals surface area (Å²) < 4.78 is 5.43. The Bertz CT molecular complexity index is 992. The number of hydrogen-bond acceptors (Lipinski definition) is 5. The molecule has 8 heteroatoms. The first-order chi connectivity index (χ1) is 15.7. The third-order valence-corrected chi connectivity index (χ3v) is 6.34. The van der Waals surface area contributed by atoms with Gasteiger partial charge in [0.2, 0.25) is 5.91 Å². The van der Waals surface area contributed by atoms with Crippen molar-refractivity contribution in [3.05, 3.63) is 59.7 Å². The maximum Gasteiger partial charge on any atom is 0.407 e. The van der Waals surface area contributed by atoms with Gasteiger partial charge in [0.1, 0.15) is 12.6 Å². The second-order valence-electron chi connectivity index (χ2n) is 8.84. The fourth-order valence-corrected chi connectivity index (χ4v) is 3.90. The average molecular weight is 455 g/mol. The highest BCUT2D eigenvalue weighted by Gasteiger charge is 2.34. The van der Waals surface area contributed by atoms with E-state index in [4.69, 9.17) is 4.74 Å². The van der Waals surface area contributed by atoms with Gasteiger partial charge in [-0.05, 0) is 35.1 Å². The van der Waals surface area contributed by atoms with E-state index in [-0.39, 0.29) is 25.0 Å². The zero-order chi connectivity index (χ0) is 24.2. The van der Waals surface area contributed by atoms with Crippen LogP contribution in [0.25, 0.3) is 11.1 Å². The van der Waals surface area contributed by atoms with Crippen LogP contribution >= 0.6 is 0 Å². The molecule has 33 heavy (non-hydrogen) atoms. The highest BCUT2D eigenvalue weighted by molar-refractivity contribution is 5.89. The van der Waals surface area contributed by atoms with E-state index in [9.17, 15) is 24.6 Å². The number of benzene rings is 2. The normalized spacial score (nSPS) is 15.2. The molecule has 0 spiro atoms. The average Bonchev–Trinajstić information content (AvgIpc) is 3.10. The molecule has 3 rings (SSSR count). The van der Waals surface area contributed by atoms with Crippen molar-refractivity contribution < 1.29 is 29.3 Å². The molecule has 2 unspecified atom stereocenters. The number of carboxylic acids is 1. The number of ether oxygens (including phenoxy) is 1. The third kappa shape index (κ3) is 5.34. The quantitative estimate of drug-likeness (QED) is 0.462. The molecule has 2 amide bonds. The number of aliphatic hydroxyl groups is 1. The van der Waals surface area contributed by atoms with Gasteiger partial charge in [-0.1, -0.05) is 62.4 Å². The third-order valence-electron chi connectivity index (χ3n) is 6.34. The van der Waals surface area contributed by atoms with Gasteiger partial charge in [-0.15, -0.1) is 0 Å². The first-order valence-corrected chi connectivity index (χ1v) is 10.9. The molecule has 2 aromatic carbocycles. The summed E-state index contributed by atoms with van der Waals surface area (Å²) >= 11 is 0. The van der Waals surface area contributed by atoms with E-state index >= 15 is 0 Å². The lowest BCUT2D eigenvalue weighted by Gasteiger charge is -2.34. The minimum atomic E-state index is -1.34. The maximum atomic E-state index is 12.7. The van der Waals surface area contributed by atoms with Crippen molar-refractivity contribution in [3.8, 4) is 11.1 Å². The van der Waals surface area contributed by atoms with Crippen LogP contribution < -0.4 is 10.6 Å². The lowest BCUT2D eigenvalue weighted by atomic mass is 9.89. The van der Waals surface area contributed by atoms with E-state index < -0.39 is 36.0 Å². The van der Waals surface area contributed by atoms with Gasteiger partial charge >= 0.3 is 12.1 Å². The molecule has 0 aromatic heterocycles. The first kappa shape index (κ1) is 24.3. The molecule has 0 aliphatic heterocycles. The fraction of sp³-hybridized carbons (Fsp3) is 0.400. The molecule has 0 bridgehead atoms. The molecular formula is C25H30N2O6. The van der Waals surface area contributed by atoms with Crippen molar-refractivity contribution >= 4 is 18.0 Å². The van der Waals surface area contributed by atoms with Crippen LogP contribution in [0.15, 0.2) is 48.5 Å². The molecule has 2 aromatic rings. The number of hydrogen-bond donors (Lipinski definition) is 4. The Kier molecular flexibility index (Phi) is 7.38. The van der Waals surface area contributed by atoms with Gasteiger partial charge in [-0.2, -0.15) is 0 Å². The minimum Gasteiger partial charge on any atom is -0.481 e. The molecule has 2 atom stereocenters. The summed E-state index contributed by atoms with van der Waals surface area (Å²) in [5.74, 6) is -2.22. The zero-order valence-electron chi connectivity index (χ0n) is 19.0. The van der Waals surface area contributed by atoms with Crippen molar-refractivity contribution in [1.29, 1.82) is 0 Å². The van der Waals surface area contributed by atoms with E-state index in [1.54, 1.807) is 6.92 Å². The van der Waals surface area contributed by atoms with E-state index in [1.165, 1.54) is 0 Å². The number of alkyl carbamates (subject to hydrolysis) is 1. The fourth-order valence-electron chi connectivity index (χ4n) is 3.90. The summed E-state index contributed by atoms with van der Waals surface area (Å²) in [6, 6.07) is 14.4. The van der Waals surface area contributed by atoms with Crippen LogP contribution in [0.3, 0.4) is 0 Å². The SMILES string of the molecule is CC(C)C(C)(CO)NC(=O)C(CC(=O)O)NC(=O)OCC1c2ccccc2-c2ccccc21. The molecule has 0 heterocycles. The monoisotopic (exact) mass is 454 g/mol. The van der Waals surface area contributed by atoms with Gasteiger partial charge in [-0.3, -0.25) is 9.59 Å². The van der Waals surface area contributed by atoms with E-state index in [0.29, 0.717) is 0 Å². The van der Waals surface area contributed by atoms with Crippen LogP contribution in [0, 0.1) is 5.92 Å². The number of aliphatic carboxylic acids is 1. The van der Waals surface area contributed by atoms with Crippen LogP contribution in [0.1, 0.15) is 44.2 Å². The van der Waals surface area contributed by atoms with Crippen molar-refractivity contribution in [2.75, 3.05) is 13.2 Å². The van der Waals surface area contributed by atoms with Gasteiger partial charge in [0.05, 0.1) is 18.6 Å². The van der Waals surface area contributed by atoms with Crippen LogP contribution in [0.2, 0.25) is 0 Å². The minimum absolute atomic E-state index is 0.0433. The predicted molar refractivity (Wildman–Crippen MR) is 123 cm³/mol. The number of carboxylic acid groups (broad SMARTS) is 1. The Balaban J connectivity index is 1.69. The maximum absolute atomic E-state index is 12.7. The topological polar surface area (TPSA) is 125 Å². The summed E-state index contributed by atoms with van der Waals surface area (Å²) in [7, 11) is 0. The summed E-state index contributed by atoms with van der Waals surface area (Å²) in [6.07, 6.45) is -1.50. The Hall–Kier alpha value is -3.39. The Morgan fingerprint density at radius 1 is 1.03 bits per heavy atom. The molecule has 1 aliphatic rings.